The van der Waals surface area contributed by atoms with Gasteiger partial charge in [-0.15, -0.1) is 0 Å². The van der Waals surface area contributed by atoms with E-state index in [2.05, 4.69) is 10.3 Å². The van der Waals surface area contributed by atoms with Crippen LogP contribution in [0.5, 0.6) is 0 Å². The van der Waals surface area contributed by atoms with Crippen LogP contribution in [0.2, 0.25) is 0 Å². The molecule has 1 aromatic carbocycles. The number of thiophene rings is 1. The number of nitrogens with zero attached hydrogens (tertiary/aromatic N) is 1. The number of thioether (sulfide) groups is 1. The minimum absolute atomic E-state index is 0.0869. The zero-order valence-electron chi connectivity index (χ0n) is 11.7. The van der Waals surface area contributed by atoms with Gasteiger partial charge in [0.2, 0.25) is 0 Å². The SMILES string of the molecule is Cc1cccc(C)c1N=C1NC(=O)/C(=C\c2ccsc2)S1. The van der Waals surface area contributed by atoms with E-state index >= 15 is 0 Å². The molecule has 0 spiro atoms. The average molecular weight is 314 g/mol. The fraction of sp³-hybridized carbons (Fsp3) is 0.125. The first kappa shape index (κ1) is 14.1. The molecule has 0 aliphatic carbocycles. The molecule has 106 valence electrons. The van der Waals surface area contributed by atoms with Crippen LogP contribution < -0.4 is 5.32 Å². The lowest BCUT2D eigenvalue weighted by Gasteiger charge is -2.04. The molecule has 1 aliphatic heterocycles. The summed E-state index contributed by atoms with van der Waals surface area (Å²) in [5.41, 5.74) is 4.18. The number of carbonyl (C=O) groups is 1. The molecule has 5 heteroatoms. The van der Waals surface area contributed by atoms with E-state index in [-0.39, 0.29) is 5.91 Å². The Morgan fingerprint density at radius 1 is 1.19 bits per heavy atom. The molecule has 0 saturated carbocycles. The standard InChI is InChI=1S/C16H14N2OS2/c1-10-4-3-5-11(2)14(10)17-16-18-15(19)13(21-16)8-12-6-7-20-9-12/h3-9H,1-2H3,(H,17,18,19)/b13-8+. The van der Waals surface area contributed by atoms with E-state index in [1.807, 2.05) is 54.9 Å². The quantitative estimate of drug-likeness (QED) is 0.842. The van der Waals surface area contributed by atoms with E-state index in [1.54, 1.807) is 11.3 Å². The number of carbonyl (C=O) groups excluding carboxylic acids is 1. The number of hydrogen-bond donors (Lipinski definition) is 1. The fourth-order valence-corrected chi connectivity index (χ4v) is 3.52. The minimum atomic E-state index is -0.0869. The predicted octanol–water partition coefficient (Wildman–Crippen LogP) is 4.26. The first-order valence-corrected chi connectivity index (χ1v) is 8.27. The Hall–Kier alpha value is -1.85. The van der Waals surface area contributed by atoms with Gasteiger partial charge in [-0.25, -0.2) is 4.99 Å². The molecular weight excluding hydrogens is 300 g/mol. The van der Waals surface area contributed by atoms with Crippen molar-refractivity contribution in [3.8, 4) is 0 Å². The van der Waals surface area contributed by atoms with Crippen LogP contribution in [-0.4, -0.2) is 11.1 Å². The molecule has 1 aliphatic rings. The lowest BCUT2D eigenvalue weighted by molar-refractivity contribution is -0.115. The van der Waals surface area contributed by atoms with Crippen LogP contribution in [0.4, 0.5) is 5.69 Å². The van der Waals surface area contributed by atoms with E-state index in [0.29, 0.717) is 10.1 Å². The highest BCUT2D eigenvalue weighted by Crippen LogP contribution is 2.30. The van der Waals surface area contributed by atoms with E-state index in [4.69, 9.17) is 0 Å². The Labute approximate surface area is 131 Å². The topological polar surface area (TPSA) is 41.5 Å². The van der Waals surface area contributed by atoms with Crippen LogP contribution in [0, 0.1) is 13.8 Å². The molecule has 2 aromatic rings. The van der Waals surface area contributed by atoms with Crippen molar-refractivity contribution in [2.75, 3.05) is 0 Å². The smallest absolute Gasteiger partial charge is 0.264 e. The third-order valence-corrected chi connectivity index (χ3v) is 4.76. The Morgan fingerprint density at radius 2 is 1.95 bits per heavy atom. The Kier molecular flexibility index (Phi) is 3.94. The number of benzene rings is 1. The van der Waals surface area contributed by atoms with E-state index in [9.17, 15) is 4.79 Å². The molecular formula is C16H14N2OS2. The van der Waals surface area contributed by atoms with Crippen LogP contribution in [-0.2, 0) is 4.79 Å². The van der Waals surface area contributed by atoms with Crippen LogP contribution in [0.15, 0.2) is 44.9 Å². The van der Waals surface area contributed by atoms with Gasteiger partial charge < -0.3 is 5.32 Å². The van der Waals surface area contributed by atoms with Gasteiger partial charge in [-0.1, -0.05) is 18.2 Å². The number of hydrogen-bond acceptors (Lipinski definition) is 4. The van der Waals surface area contributed by atoms with E-state index in [0.717, 1.165) is 22.4 Å². The van der Waals surface area contributed by atoms with Gasteiger partial charge in [0.05, 0.1) is 10.6 Å². The van der Waals surface area contributed by atoms with Crippen molar-refractivity contribution in [1.29, 1.82) is 0 Å². The number of para-hydroxylation sites is 1. The third kappa shape index (κ3) is 3.09. The van der Waals surface area contributed by atoms with Gasteiger partial charge in [0.15, 0.2) is 5.17 Å². The summed E-state index contributed by atoms with van der Waals surface area (Å²) in [4.78, 5) is 17.3. The maximum absolute atomic E-state index is 12.0. The number of aryl methyl sites for hydroxylation is 2. The highest BCUT2D eigenvalue weighted by atomic mass is 32.2. The lowest BCUT2D eigenvalue weighted by atomic mass is 10.1. The van der Waals surface area contributed by atoms with Crippen molar-refractivity contribution in [2.45, 2.75) is 13.8 Å². The zero-order chi connectivity index (χ0) is 14.8. The molecule has 0 unspecified atom stereocenters. The Balaban J connectivity index is 1.89. The van der Waals surface area contributed by atoms with Crippen molar-refractivity contribution in [3.63, 3.8) is 0 Å². The normalized spacial score (nSPS) is 18.5. The molecule has 1 fully saturated rings. The molecule has 0 atom stereocenters. The van der Waals surface area contributed by atoms with Gasteiger partial charge in [0, 0.05) is 0 Å². The molecule has 1 saturated heterocycles. The van der Waals surface area contributed by atoms with Gasteiger partial charge in [0.1, 0.15) is 0 Å². The fourth-order valence-electron chi connectivity index (χ4n) is 2.07. The monoisotopic (exact) mass is 314 g/mol. The maximum Gasteiger partial charge on any atom is 0.264 e. The van der Waals surface area contributed by atoms with Gasteiger partial charge in [-0.3, -0.25) is 4.79 Å². The first-order chi connectivity index (χ1) is 10.1. The predicted molar refractivity (Wildman–Crippen MR) is 91.0 cm³/mol. The van der Waals surface area contributed by atoms with Crippen LogP contribution in [0.25, 0.3) is 6.08 Å². The first-order valence-electron chi connectivity index (χ1n) is 6.51. The molecule has 3 rings (SSSR count). The summed E-state index contributed by atoms with van der Waals surface area (Å²) in [5.74, 6) is -0.0869. The Morgan fingerprint density at radius 3 is 2.62 bits per heavy atom. The van der Waals surface area contributed by atoms with Gasteiger partial charge >= 0.3 is 0 Å². The van der Waals surface area contributed by atoms with Crippen LogP contribution >= 0.6 is 23.1 Å². The second-order valence-electron chi connectivity index (χ2n) is 4.78. The number of nitrogens with one attached hydrogen (secondary N) is 1. The number of aliphatic imine (C=N–C) groups is 1. The highest BCUT2D eigenvalue weighted by Gasteiger charge is 2.24. The molecule has 1 amide bonds. The largest absolute Gasteiger partial charge is 0.300 e. The highest BCUT2D eigenvalue weighted by molar-refractivity contribution is 8.18. The van der Waals surface area contributed by atoms with E-state index in [1.165, 1.54) is 11.8 Å². The van der Waals surface area contributed by atoms with Crippen molar-refractivity contribution in [3.05, 3.63) is 56.6 Å². The molecule has 1 N–H and O–H groups in total. The van der Waals surface area contributed by atoms with Crippen molar-refractivity contribution >= 4 is 45.9 Å². The summed E-state index contributed by atoms with van der Waals surface area (Å²) in [6, 6.07) is 8.05. The maximum atomic E-state index is 12.0. The van der Waals surface area contributed by atoms with Crippen LogP contribution in [0.1, 0.15) is 16.7 Å². The minimum Gasteiger partial charge on any atom is -0.300 e. The van der Waals surface area contributed by atoms with Gasteiger partial charge in [-0.2, -0.15) is 11.3 Å². The summed E-state index contributed by atoms with van der Waals surface area (Å²) in [6.07, 6.45) is 1.89. The van der Waals surface area contributed by atoms with Gasteiger partial charge in [-0.05, 0) is 65.2 Å². The van der Waals surface area contributed by atoms with E-state index < -0.39 is 0 Å². The average Bonchev–Trinajstić information content (AvgIpc) is 3.06. The number of amidine groups is 1. The summed E-state index contributed by atoms with van der Waals surface area (Å²) >= 11 is 3.00. The summed E-state index contributed by atoms with van der Waals surface area (Å²) in [6.45, 7) is 4.05. The van der Waals surface area contributed by atoms with Crippen molar-refractivity contribution in [1.82, 2.24) is 5.32 Å². The molecule has 21 heavy (non-hydrogen) atoms. The van der Waals surface area contributed by atoms with Gasteiger partial charge in [0.25, 0.3) is 5.91 Å². The zero-order valence-corrected chi connectivity index (χ0v) is 13.3. The number of amides is 1. The third-order valence-electron chi connectivity index (χ3n) is 3.14. The summed E-state index contributed by atoms with van der Waals surface area (Å²) in [5, 5.41) is 7.48. The second kappa shape index (κ2) is 5.87. The summed E-state index contributed by atoms with van der Waals surface area (Å²) < 4.78 is 0. The molecule has 2 heterocycles. The molecule has 0 bridgehead atoms. The lowest BCUT2D eigenvalue weighted by Crippen LogP contribution is -2.19. The van der Waals surface area contributed by atoms with Crippen molar-refractivity contribution < 1.29 is 4.79 Å². The number of rotatable bonds is 2. The van der Waals surface area contributed by atoms with Crippen LogP contribution in [0.3, 0.4) is 0 Å². The molecule has 1 aromatic heterocycles. The second-order valence-corrected chi connectivity index (χ2v) is 6.59. The molecule has 0 radical (unpaired) electrons. The van der Waals surface area contributed by atoms with Crippen molar-refractivity contribution in [2.24, 2.45) is 4.99 Å². The summed E-state index contributed by atoms with van der Waals surface area (Å²) in [7, 11) is 0. The Bertz CT molecular complexity index is 725. The molecule has 3 nitrogen and oxygen atoms in total.